The number of hydrogen-bond acceptors (Lipinski definition) is 6. The van der Waals surface area contributed by atoms with E-state index in [1.54, 1.807) is 17.0 Å². The standard InChI is InChI=1S/C21H17N7O/c1-13-6-2-5-9-16(13)28-17(27-15-8-4-3-7-14(15)21(28)29)10-22-19-18-20(24-11-23-18)26-12-25-19/h2-9,11-12H,10H2,1H3,(H2,22,23,24,25,26). The van der Waals surface area contributed by atoms with Crippen molar-refractivity contribution in [3.8, 4) is 5.69 Å². The number of nitrogens with zero attached hydrogens (tertiary/aromatic N) is 5. The predicted molar refractivity (Wildman–Crippen MR) is 111 cm³/mol. The molecule has 3 heterocycles. The van der Waals surface area contributed by atoms with E-state index < -0.39 is 0 Å². The molecule has 0 aliphatic carbocycles. The lowest BCUT2D eigenvalue weighted by Gasteiger charge is -2.16. The summed E-state index contributed by atoms with van der Waals surface area (Å²) in [6, 6.07) is 15.1. The molecule has 5 aromatic rings. The van der Waals surface area contributed by atoms with Gasteiger partial charge in [0, 0.05) is 0 Å². The molecule has 0 saturated carbocycles. The average molecular weight is 383 g/mol. The van der Waals surface area contributed by atoms with Gasteiger partial charge in [-0.05, 0) is 30.7 Å². The molecule has 0 aliphatic rings. The fourth-order valence-electron chi connectivity index (χ4n) is 3.42. The van der Waals surface area contributed by atoms with Crippen molar-refractivity contribution in [1.29, 1.82) is 0 Å². The van der Waals surface area contributed by atoms with Crippen LogP contribution in [0, 0.1) is 6.92 Å². The van der Waals surface area contributed by atoms with Crippen molar-refractivity contribution in [2.45, 2.75) is 13.5 Å². The van der Waals surface area contributed by atoms with Crippen LogP contribution >= 0.6 is 0 Å². The normalized spacial score (nSPS) is 11.2. The fourth-order valence-corrected chi connectivity index (χ4v) is 3.42. The number of rotatable bonds is 4. The number of H-pyrrole nitrogens is 1. The predicted octanol–water partition coefficient (Wildman–Crippen LogP) is 2.97. The zero-order chi connectivity index (χ0) is 19.8. The fraction of sp³-hybridized carbons (Fsp3) is 0.0952. The van der Waals surface area contributed by atoms with Gasteiger partial charge in [-0.3, -0.25) is 9.36 Å². The highest BCUT2D eigenvalue weighted by Gasteiger charge is 2.15. The van der Waals surface area contributed by atoms with Crippen molar-refractivity contribution < 1.29 is 0 Å². The molecule has 0 saturated heterocycles. The SMILES string of the molecule is Cc1ccccc1-n1c(CNc2ncnc3nc[nH]c23)nc2ccccc2c1=O. The van der Waals surface area contributed by atoms with E-state index in [0.717, 1.165) is 11.3 Å². The summed E-state index contributed by atoms with van der Waals surface area (Å²) >= 11 is 0. The van der Waals surface area contributed by atoms with Gasteiger partial charge in [0.1, 0.15) is 17.7 Å². The van der Waals surface area contributed by atoms with Crippen LogP contribution in [-0.2, 0) is 6.54 Å². The Labute approximate surface area is 165 Å². The number of aromatic amines is 1. The summed E-state index contributed by atoms with van der Waals surface area (Å²) in [6.07, 6.45) is 3.02. The number of fused-ring (bicyclic) bond motifs is 2. The molecule has 0 aliphatic heterocycles. The van der Waals surface area contributed by atoms with Crippen molar-refractivity contribution in [2.24, 2.45) is 0 Å². The molecule has 2 aromatic carbocycles. The third kappa shape index (κ3) is 2.91. The van der Waals surface area contributed by atoms with Crippen molar-refractivity contribution in [3.05, 3.63) is 82.9 Å². The zero-order valence-corrected chi connectivity index (χ0v) is 15.6. The molecule has 0 spiro atoms. The molecule has 142 valence electrons. The molecule has 2 N–H and O–H groups in total. The molecule has 8 heteroatoms. The van der Waals surface area contributed by atoms with Crippen LogP contribution in [0.5, 0.6) is 0 Å². The molecule has 0 unspecified atom stereocenters. The van der Waals surface area contributed by atoms with Gasteiger partial charge in [-0.15, -0.1) is 0 Å². The molecule has 0 bridgehead atoms. The molecular weight excluding hydrogens is 366 g/mol. The third-order valence-corrected chi connectivity index (χ3v) is 4.84. The number of imidazole rings is 1. The number of benzene rings is 2. The summed E-state index contributed by atoms with van der Waals surface area (Å²) < 4.78 is 1.66. The maximum Gasteiger partial charge on any atom is 0.266 e. The lowest BCUT2D eigenvalue weighted by molar-refractivity contribution is 0.832. The Morgan fingerprint density at radius 3 is 2.76 bits per heavy atom. The molecule has 29 heavy (non-hydrogen) atoms. The maximum atomic E-state index is 13.3. The average Bonchev–Trinajstić information content (AvgIpc) is 3.23. The van der Waals surface area contributed by atoms with Crippen LogP contribution < -0.4 is 10.9 Å². The van der Waals surface area contributed by atoms with Gasteiger partial charge in [0.15, 0.2) is 11.5 Å². The smallest absolute Gasteiger partial charge is 0.266 e. The van der Waals surface area contributed by atoms with Crippen LogP contribution in [0.25, 0.3) is 27.8 Å². The monoisotopic (exact) mass is 383 g/mol. The minimum absolute atomic E-state index is 0.101. The minimum Gasteiger partial charge on any atom is -0.361 e. The van der Waals surface area contributed by atoms with Gasteiger partial charge in [-0.25, -0.2) is 19.9 Å². The van der Waals surface area contributed by atoms with Gasteiger partial charge in [0.2, 0.25) is 0 Å². The third-order valence-electron chi connectivity index (χ3n) is 4.84. The number of nitrogens with one attached hydrogen (secondary N) is 2. The zero-order valence-electron chi connectivity index (χ0n) is 15.6. The highest BCUT2D eigenvalue weighted by molar-refractivity contribution is 5.82. The Balaban J connectivity index is 1.66. The Morgan fingerprint density at radius 1 is 1.03 bits per heavy atom. The molecule has 0 radical (unpaired) electrons. The number of aryl methyl sites for hydroxylation is 1. The first-order valence-electron chi connectivity index (χ1n) is 9.17. The molecule has 5 rings (SSSR count). The van der Waals surface area contributed by atoms with Gasteiger partial charge >= 0.3 is 0 Å². The minimum atomic E-state index is -0.101. The van der Waals surface area contributed by atoms with Crippen LogP contribution in [0.3, 0.4) is 0 Å². The quantitative estimate of drug-likeness (QED) is 0.495. The maximum absolute atomic E-state index is 13.3. The van der Waals surface area contributed by atoms with E-state index in [-0.39, 0.29) is 5.56 Å². The molecule has 8 nitrogen and oxygen atoms in total. The first-order chi connectivity index (χ1) is 14.2. The van der Waals surface area contributed by atoms with Crippen LogP contribution in [0.1, 0.15) is 11.4 Å². The first-order valence-corrected chi connectivity index (χ1v) is 9.17. The largest absolute Gasteiger partial charge is 0.361 e. The lowest BCUT2D eigenvalue weighted by atomic mass is 10.2. The van der Waals surface area contributed by atoms with Crippen molar-refractivity contribution in [2.75, 3.05) is 5.32 Å². The van der Waals surface area contributed by atoms with E-state index in [1.165, 1.54) is 6.33 Å². The number of aromatic nitrogens is 6. The summed E-state index contributed by atoms with van der Waals surface area (Å²) in [5.74, 6) is 1.19. The molecule has 3 aromatic heterocycles. The van der Waals surface area contributed by atoms with E-state index in [0.29, 0.717) is 40.3 Å². The second-order valence-corrected chi connectivity index (χ2v) is 6.65. The van der Waals surface area contributed by atoms with Crippen LogP contribution in [0.4, 0.5) is 5.82 Å². The van der Waals surface area contributed by atoms with Gasteiger partial charge in [0.05, 0.1) is 29.5 Å². The number of anilines is 1. The molecule has 0 atom stereocenters. The van der Waals surface area contributed by atoms with Crippen molar-refractivity contribution >= 4 is 27.9 Å². The van der Waals surface area contributed by atoms with Gasteiger partial charge < -0.3 is 10.3 Å². The summed E-state index contributed by atoms with van der Waals surface area (Å²) in [5.41, 5.74) is 3.64. The Hall–Kier alpha value is -4.07. The van der Waals surface area contributed by atoms with Gasteiger partial charge in [-0.1, -0.05) is 30.3 Å². The summed E-state index contributed by atoms with van der Waals surface area (Å²) in [4.78, 5) is 33.7. The first kappa shape index (κ1) is 17.1. The van der Waals surface area contributed by atoms with E-state index >= 15 is 0 Å². The van der Waals surface area contributed by atoms with Crippen molar-refractivity contribution in [1.82, 2.24) is 29.5 Å². The van der Waals surface area contributed by atoms with Crippen LogP contribution in [-0.4, -0.2) is 29.5 Å². The highest BCUT2D eigenvalue weighted by Crippen LogP contribution is 2.19. The summed E-state index contributed by atoms with van der Waals surface area (Å²) in [6.45, 7) is 2.28. The molecule has 0 fully saturated rings. The Kier molecular flexibility index (Phi) is 4.02. The molecular formula is C21H17N7O. The van der Waals surface area contributed by atoms with E-state index in [9.17, 15) is 4.79 Å². The Morgan fingerprint density at radius 2 is 1.86 bits per heavy atom. The van der Waals surface area contributed by atoms with E-state index in [2.05, 4.69) is 25.3 Å². The lowest BCUT2D eigenvalue weighted by Crippen LogP contribution is -2.26. The van der Waals surface area contributed by atoms with E-state index in [4.69, 9.17) is 4.98 Å². The van der Waals surface area contributed by atoms with Gasteiger partial charge in [0.25, 0.3) is 5.56 Å². The van der Waals surface area contributed by atoms with Crippen molar-refractivity contribution in [3.63, 3.8) is 0 Å². The summed E-state index contributed by atoms with van der Waals surface area (Å²) in [7, 11) is 0. The topological polar surface area (TPSA) is 101 Å². The second kappa shape index (κ2) is 6.83. The summed E-state index contributed by atoms with van der Waals surface area (Å²) in [5, 5.41) is 3.85. The molecule has 0 amide bonds. The van der Waals surface area contributed by atoms with E-state index in [1.807, 2.05) is 49.4 Å². The Bertz CT molecular complexity index is 1400. The van der Waals surface area contributed by atoms with Crippen LogP contribution in [0.15, 0.2) is 66.0 Å². The van der Waals surface area contributed by atoms with Gasteiger partial charge in [-0.2, -0.15) is 0 Å². The number of hydrogen-bond donors (Lipinski definition) is 2. The number of para-hydroxylation sites is 2. The highest BCUT2D eigenvalue weighted by atomic mass is 16.1. The second-order valence-electron chi connectivity index (χ2n) is 6.65. The van der Waals surface area contributed by atoms with Crippen LogP contribution in [0.2, 0.25) is 0 Å².